The quantitative estimate of drug-likeness (QED) is 0.431. The molecule has 0 radical (unpaired) electrons. The fourth-order valence-corrected chi connectivity index (χ4v) is 4.54. The van der Waals surface area contributed by atoms with E-state index in [0.717, 1.165) is 0 Å². The molecular weight excluding hydrogens is 428 g/mol. The first kappa shape index (κ1) is 27.1. The van der Waals surface area contributed by atoms with Crippen molar-refractivity contribution in [3.05, 3.63) is 0 Å². The molecule has 0 aromatic carbocycles. The molecule has 0 bridgehead atoms. The lowest BCUT2D eigenvalue weighted by atomic mass is 9.80. The summed E-state index contributed by atoms with van der Waals surface area (Å²) in [5.74, 6) is 0. The molecule has 1 fully saturated rings. The summed E-state index contributed by atoms with van der Waals surface area (Å²) in [7, 11) is 0. The van der Waals surface area contributed by atoms with Crippen LogP contribution in [0.25, 0.3) is 0 Å². The van der Waals surface area contributed by atoms with E-state index in [9.17, 15) is 0 Å². The maximum Gasteiger partial charge on any atom is 0.112 e. The van der Waals surface area contributed by atoms with Crippen LogP contribution in [0, 0.1) is 0 Å². The van der Waals surface area contributed by atoms with E-state index in [2.05, 4.69) is 33.0 Å². The average molecular weight is 472 g/mol. The SMILES string of the molecule is Br.CCCCC1(CCCC)CNCC[N+]1(CCCC)CCCC.[Br-]. The highest BCUT2D eigenvalue weighted by atomic mass is 79.9. The second-order valence-corrected chi connectivity index (χ2v) is 7.63. The van der Waals surface area contributed by atoms with Gasteiger partial charge in [-0.15, -0.1) is 17.0 Å². The van der Waals surface area contributed by atoms with Crippen LogP contribution in [-0.2, 0) is 0 Å². The van der Waals surface area contributed by atoms with E-state index in [4.69, 9.17) is 0 Å². The van der Waals surface area contributed by atoms with E-state index >= 15 is 0 Å². The molecular formula is C20H44Br2N2. The first-order valence-corrected chi connectivity index (χ1v) is 10.3. The van der Waals surface area contributed by atoms with Gasteiger partial charge in [0.1, 0.15) is 5.54 Å². The summed E-state index contributed by atoms with van der Waals surface area (Å²) in [6, 6.07) is 0. The van der Waals surface area contributed by atoms with Gasteiger partial charge in [0.2, 0.25) is 0 Å². The second kappa shape index (κ2) is 15.0. The Bertz CT molecular complexity index is 241. The Hall–Kier alpha value is 0.880. The molecule has 0 aromatic rings. The van der Waals surface area contributed by atoms with Crippen LogP contribution in [-0.4, -0.2) is 42.7 Å². The molecule has 1 aliphatic rings. The number of nitrogens with one attached hydrogen (secondary N) is 1. The summed E-state index contributed by atoms with van der Waals surface area (Å²) < 4.78 is 1.43. The first-order valence-electron chi connectivity index (χ1n) is 10.3. The zero-order chi connectivity index (χ0) is 16.3. The molecule has 0 spiro atoms. The number of hydrogen-bond donors (Lipinski definition) is 1. The van der Waals surface area contributed by atoms with Crippen LogP contribution in [0.4, 0.5) is 0 Å². The van der Waals surface area contributed by atoms with E-state index in [1.807, 2.05) is 0 Å². The summed E-state index contributed by atoms with van der Waals surface area (Å²) in [5.41, 5.74) is 0.522. The van der Waals surface area contributed by atoms with Crippen LogP contribution in [0.2, 0.25) is 0 Å². The van der Waals surface area contributed by atoms with Gasteiger partial charge in [0, 0.05) is 19.4 Å². The van der Waals surface area contributed by atoms with Crippen molar-refractivity contribution in [2.24, 2.45) is 0 Å². The van der Waals surface area contributed by atoms with Crippen molar-refractivity contribution < 1.29 is 21.5 Å². The Morgan fingerprint density at radius 1 is 0.792 bits per heavy atom. The van der Waals surface area contributed by atoms with Crippen LogP contribution in [0.5, 0.6) is 0 Å². The lowest BCUT2D eigenvalue weighted by molar-refractivity contribution is -0.979. The first-order chi connectivity index (χ1) is 10.7. The lowest BCUT2D eigenvalue weighted by Crippen LogP contribution is -3.00. The maximum atomic E-state index is 3.79. The topological polar surface area (TPSA) is 12.0 Å². The van der Waals surface area contributed by atoms with Crippen molar-refractivity contribution in [2.75, 3.05) is 32.7 Å². The molecule has 1 N–H and O–H groups in total. The third kappa shape index (κ3) is 7.25. The number of halogens is 2. The minimum Gasteiger partial charge on any atom is -1.00 e. The molecule has 1 heterocycles. The van der Waals surface area contributed by atoms with Crippen LogP contribution in [0.15, 0.2) is 0 Å². The smallest absolute Gasteiger partial charge is 0.112 e. The Balaban J connectivity index is 0. The predicted octanol–water partition coefficient (Wildman–Crippen LogP) is 2.71. The molecule has 24 heavy (non-hydrogen) atoms. The summed E-state index contributed by atoms with van der Waals surface area (Å²) in [6.45, 7) is 16.1. The van der Waals surface area contributed by atoms with E-state index in [-0.39, 0.29) is 34.0 Å². The second-order valence-electron chi connectivity index (χ2n) is 7.63. The van der Waals surface area contributed by atoms with Crippen LogP contribution in [0.3, 0.4) is 0 Å². The highest BCUT2D eigenvalue weighted by Gasteiger charge is 2.50. The van der Waals surface area contributed by atoms with Gasteiger partial charge >= 0.3 is 0 Å². The summed E-state index contributed by atoms with van der Waals surface area (Å²) in [5, 5.41) is 3.79. The van der Waals surface area contributed by atoms with Gasteiger partial charge in [-0.05, 0) is 25.7 Å². The van der Waals surface area contributed by atoms with E-state index in [1.165, 1.54) is 101 Å². The molecule has 4 heteroatoms. The van der Waals surface area contributed by atoms with Crippen molar-refractivity contribution in [2.45, 2.75) is 97.4 Å². The van der Waals surface area contributed by atoms with Crippen molar-refractivity contribution >= 4 is 17.0 Å². The fraction of sp³-hybridized carbons (Fsp3) is 1.00. The van der Waals surface area contributed by atoms with E-state index < -0.39 is 0 Å². The minimum absolute atomic E-state index is 0. The number of unbranched alkanes of at least 4 members (excludes halogenated alkanes) is 4. The van der Waals surface area contributed by atoms with Gasteiger partial charge in [0.25, 0.3) is 0 Å². The average Bonchev–Trinajstić information content (AvgIpc) is 2.56. The Kier molecular flexibility index (Phi) is 16.9. The van der Waals surface area contributed by atoms with Gasteiger partial charge in [-0.3, -0.25) is 0 Å². The number of rotatable bonds is 12. The molecule has 148 valence electrons. The standard InChI is InChI=1S/C20H43N2.2BrH/c1-5-9-13-20(14-10-6-2)19-21-15-18-22(20,16-11-7-3)17-12-8-4;;/h21H,5-19H2,1-4H3;2*1H/q+1;;/p-1. The molecule has 0 aliphatic carbocycles. The predicted molar refractivity (Wildman–Crippen MR) is 110 cm³/mol. The van der Waals surface area contributed by atoms with Gasteiger partial charge in [0.15, 0.2) is 0 Å². The van der Waals surface area contributed by atoms with Gasteiger partial charge in [-0.2, -0.15) is 0 Å². The van der Waals surface area contributed by atoms with Crippen LogP contribution < -0.4 is 22.3 Å². The fourth-order valence-electron chi connectivity index (χ4n) is 4.54. The van der Waals surface area contributed by atoms with Crippen LogP contribution >= 0.6 is 17.0 Å². The van der Waals surface area contributed by atoms with Crippen LogP contribution in [0.1, 0.15) is 91.9 Å². The Morgan fingerprint density at radius 2 is 1.25 bits per heavy atom. The van der Waals surface area contributed by atoms with E-state index in [1.54, 1.807) is 0 Å². The number of quaternary nitrogens is 1. The normalized spacial score (nSPS) is 18.5. The molecule has 0 amide bonds. The Morgan fingerprint density at radius 3 is 1.67 bits per heavy atom. The van der Waals surface area contributed by atoms with Gasteiger partial charge < -0.3 is 26.8 Å². The van der Waals surface area contributed by atoms with Crippen molar-refractivity contribution in [3.63, 3.8) is 0 Å². The molecule has 0 unspecified atom stereocenters. The van der Waals surface area contributed by atoms with E-state index in [0.29, 0.717) is 5.54 Å². The van der Waals surface area contributed by atoms with Crippen molar-refractivity contribution in [3.8, 4) is 0 Å². The molecule has 1 rings (SSSR count). The zero-order valence-electron chi connectivity index (χ0n) is 16.8. The van der Waals surface area contributed by atoms with Gasteiger partial charge in [-0.25, -0.2) is 0 Å². The summed E-state index contributed by atoms with van der Waals surface area (Å²) in [4.78, 5) is 0. The van der Waals surface area contributed by atoms with Gasteiger partial charge in [-0.1, -0.05) is 53.4 Å². The largest absolute Gasteiger partial charge is 1.00 e. The third-order valence-corrected chi connectivity index (χ3v) is 6.05. The lowest BCUT2D eigenvalue weighted by Gasteiger charge is -2.57. The maximum absolute atomic E-state index is 3.79. The molecule has 0 atom stereocenters. The van der Waals surface area contributed by atoms with Crippen molar-refractivity contribution in [1.82, 2.24) is 5.32 Å². The molecule has 1 saturated heterocycles. The van der Waals surface area contributed by atoms with Gasteiger partial charge in [0.05, 0.1) is 26.2 Å². The number of nitrogens with zero attached hydrogens (tertiary/aromatic N) is 1. The molecule has 0 saturated carbocycles. The summed E-state index contributed by atoms with van der Waals surface area (Å²) in [6.07, 6.45) is 13.9. The summed E-state index contributed by atoms with van der Waals surface area (Å²) >= 11 is 0. The highest BCUT2D eigenvalue weighted by molar-refractivity contribution is 8.93. The molecule has 1 aliphatic heterocycles. The third-order valence-electron chi connectivity index (χ3n) is 6.05. The molecule has 0 aromatic heterocycles. The monoisotopic (exact) mass is 470 g/mol. The number of hydrogen-bond acceptors (Lipinski definition) is 1. The highest BCUT2D eigenvalue weighted by Crippen LogP contribution is 2.38. The molecule has 2 nitrogen and oxygen atoms in total. The minimum atomic E-state index is 0. The Labute approximate surface area is 173 Å². The van der Waals surface area contributed by atoms with Crippen molar-refractivity contribution in [1.29, 1.82) is 0 Å². The zero-order valence-corrected chi connectivity index (χ0v) is 20.1. The number of piperazine rings is 1.